The van der Waals surface area contributed by atoms with Gasteiger partial charge in [-0.25, -0.2) is 4.79 Å². The summed E-state index contributed by atoms with van der Waals surface area (Å²) in [6.07, 6.45) is -1.03. The molecule has 0 unspecified atom stereocenters. The van der Waals surface area contributed by atoms with Gasteiger partial charge in [0.2, 0.25) is 0 Å². The van der Waals surface area contributed by atoms with Crippen molar-refractivity contribution in [3.8, 4) is 11.5 Å². The molecule has 0 fully saturated rings. The van der Waals surface area contributed by atoms with Gasteiger partial charge < -0.3 is 19.9 Å². The van der Waals surface area contributed by atoms with Crippen molar-refractivity contribution in [3.05, 3.63) is 22.7 Å². The molecule has 6 nitrogen and oxygen atoms in total. The van der Waals surface area contributed by atoms with Crippen molar-refractivity contribution in [2.24, 2.45) is 5.73 Å². The molecular weight excluding hydrogens is 274 g/mol. The summed E-state index contributed by atoms with van der Waals surface area (Å²) < 4.78 is 14.9. The Balaban J connectivity index is 3.05. The van der Waals surface area contributed by atoms with E-state index in [1.54, 1.807) is 0 Å². The van der Waals surface area contributed by atoms with Crippen LogP contribution < -0.4 is 15.2 Å². The summed E-state index contributed by atoms with van der Waals surface area (Å²) in [4.78, 5) is 22.6. The Labute approximate surface area is 115 Å². The molecule has 104 valence electrons. The second-order valence-electron chi connectivity index (χ2n) is 3.64. The molecule has 0 aliphatic heterocycles. The first-order chi connectivity index (χ1) is 8.90. The zero-order valence-electron chi connectivity index (χ0n) is 10.7. The number of methoxy groups -OCH3 is 2. The normalized spacial score (nSPS) is 11.6. The van der Waals surface area contributed by atoms with Gasteiger partial charge in [0.15, 0.2) is 17.6 Å². The Hall–Kier alpha value is -1.95. The lowest BCUT2D eigenvalue weighted by atomic mass is 10.2. The molecule has 0 aliphatic carbocycles. The van der Waals surface area contributed by atoms with Gasteiger partial charge in [-0.15, -0.1) is 0 Å². The highest BCUT2D eigenvalue weighted by molar-refractivity contribution is 6.32. The van der Waals surface area contributed by atoms with Gasteiger partial charge in [-0.1, -0.05) is 11.6 Å². The maximum absolute atomic E-state index is 11.8. The van der Waals surface area contributed by atoms with E-state index in [2.05, 4.69) is 0 Å². The average molecular weight is 288 g/mol. The molecular formula is C12H14ClNO5. The van der Waals surface area contributed by atoms with Gasteiger partial charge in [0.25, 0.3) is 5.91 Å². The van der Waals surface area contributed by atoms with Crippen LogP contribution in [0, 0.1) is 0 Å². The fraction of sp³-hybridized carbons (Fsp3) is 0.333. The number of hydrogen-bond acceptors (Lipinski definition) is 5. The monoisotopic (exact) mass is 287 g/mol. The molecule has 0 saturated heterocycles. The number of carbonyl (C=O) groups excluding carboxylic acids is 2. The van der Waals surface area contributed by atoms with Gasteiger partial charge >= 0.3 is 5.97 Å². The van der Waals surface area contributed by atoms with E-state index in [0.29, 0.717) is 5.75 Å². The fourth-order valence-electron chi connectivity index (χ4n) is 1.32. The van der Waals surface area contributed by atoms with Crippen molar-refractivity contribution < 1.29 is 23.8 Å². The van der Waals surface area contributed by atoms with Crippen molar-refractivity contribution >= 4 is 23.5 Å². The second kappa shape index (κ2) is 6.29. The molecule has 0 radical (unpaired) electrons. The van der Waals surface area contributed by atoms with Crippen LogP contribution in [0.3, 0.4) is 0 Å². The quantitative estimate of drug-likeness (QED) is 0.827. The van der Waals surface area contributed by atoms with Crippen LogP contribution in [0.25, 0.3) is 0 Å². The molecule has 0 aromatic heterocycles. The van der Waals surface area contributed by atoms with E-state index in [1.807, 2.05) is 0 Å². The lowest BCUT2D eigenvalue weighted by molar-refractivity contribution is -0.125. The SMILES string of the molecule is COc1cc(C(=O)O[C@H](C)C(N)=O)cc(Cl)c1OC. The fourth-order valence-corrected chi connectivity index (χ4v) is 1.61. The van der Waals surface area contributed by atoms with Crippen LogP contribution in [0.1, 0.15) is 17.3 Å². The van der Waals surface area contributed by atoms with E-state index < -0.39 is 18.0 Å². The highest BCUT2D eigenvalue weighted by atomic mass is 35.5. The molecule has 1 amide bonds. The van der Waals surface area contributed by atoms with Crippen molar-refractivity contribution in [3.63, 3.8) is 0 Å². The molecule has 2 N–H and O–H groups in total. The lowest BCUT2D eigenvalue weighted by Crippen LogP contribution is -2.30. The van der Waals surface area contributed by atoms with Gasteiger partial charge in [-0.2, -0.15) is 0 Å². The number of hydrogen-bond donors (Lipinski definition) is 1. The summed E-state index contributed by atoms with van der Waals surface area (Å²) in [5.74, 6) is -0.869. The van der Waals surface area contributed by atoms with Gasteiger partial charge in [0.1, 0.15) is 0 Å². The van der Waals surface area contributed by atoms with Crippen LogP contribution in [-0.2, 0) is 9.53 Å². The van der Waals surface area contributed by atoms with Gasteiger partial charge in [-0.3, -0.25) is 4.79 Å². The molecule has 1 atom stereocenters. The summed E-state index contributed by atoms with van der Waals surface area (Å²) in [5.41, 5.74) is 5.14. The average Bonchev–Trinajstić information content (AvgIpc) is 2.37. The van der Waals surface area contributed by atoms with Crippen LogP contribution >= 0.6 is 11.6 Å². The van der Waals surface area contributed by atoms with E-state index in [9.17, 15) is 9.59 Å². The maximum Gasteiger partial charge on any atom is 0.339 e. The van der Waals surface area contributed by atoms with Crippen molar-refractivity contribution in [2.75, 3.05) is 14.2 Å². The number of nitrogens with two attached hydrogens (primary N) is 1. The maximum atomic E-state index is 11.8. The number of ether oxygens (including phenoxy) is 3. The third kappa shape index (κ3) is 3.51. The predicted molar refractivity (Wildman–Crippen MR) is 68.6 cm³/mol. The number of halogens is 1. The Kier molecular flexibility index (Phi) is 5.00. The Morgan fingerprint density at radius 3 is 2.37 bits per heavy atom. The number of esters is 1. The summed E-state index contributed by atoms with van der Waals surface area (Å²) in [7, 11) is 2.84. The highest BCUT2D eigenvalue weighted by Gasteiger charge is 2.19. The largest absolute Gasteiger partial charge is 0.493 e. The van der Waals surface area contributed by atoms with Crippen LogP contribution in [0.2, 0.25) is 5.02 Å². The van der Waals surface area contributed by atoms with Crippen LogP contribution in [0.4, 0.5) is 0 Å². The first-order valence-electron chi connectivity index (χ1n) is 5.32. The number of carbonyl (C=O) groups is 2. The van der Waals surface area contributed by atoms with E-state index in [4.69, 9.17) is 31.5 Å². The number of amides is 1. The van der Waals surface area contributed by atoms with E-state index in [0.717, 1.165) is 0 Å². The van der Waals surface area contributed by atoms with Gasteiger partial charge in [0, 0.05) is 0 Å². The minimum Gasteiger partial charge on any atom is -0.493 e. The molecule has 0 saturated carbocycles. The first-order valence-corrected chi connectivity index (χ1v) is 5.70. The zero-order valence-corrected chi connectivity index (χ0v) is 11.5. The summed E-state index contributed by atoms with van der Waals surface area (Å²) in [5, 5.41) is 0.195. The van der Waals surface area contributed by atoms with Crippen molar-refractivity contribution in [1.29, 1.82) is 0 Å². The van der Waals surface area contributed by atoms with Crippen LogP contribution in [-0.4, -0.2) is 32.2 Å². The number of benzene rings is 1. The zero-order chi connectivity index (χ0) is 14.6. The molecule has 1 rings (SSSR count). The third-order valence-electron chi connectivity index (χ3n) is 2.35. The highest BCUT2D eigenvalue weighted by Crippen LogP contribution is 2.36. The lowest BCUT2D eigenvalue weighted by Gasteiger charge is -2.13. The first kappa shape index (κ1) is 15.1. The standard InChI is InChI=1S/C12H14ClNO5/c1-6(11(14)15)19-12(16)7-4-8(13)10(18-3)9(5-7)17-2/h4-6H,1-3H3,(H2,14,15)/t6-/m1/s1. The molecule has 1 aromatic carbocycles. The minimum atomic E-state index is -1.03. The van der Waals surface area contributed by atoms with Crippen LogP contribution in [0.15, 0.2) is 12.1 Å². The molecule has 1 aromatic rings. The minimum absolute atomic E-state index is 0.135. The third-order valence-corrected chi connectivity index (χ3v) is 2.63. The molecule has 0 bridgehead atoms. The summed E-state index contributed by atoms with van der Waals surface area (Å²) >= 11 is 5.95. The van der Waals surface area contributed by atoms with Gasteiger partial charge in [0.05, 0.1) is 24.8 Å². The topological polar surface area (TPSA) is 87.9 Å². The second-order valence-corrected chi connectivity index (χ2v) is 4.05. The Morgan fingerprint density at radius 1 is 1.26 bits per heavy atom. The molecule has 0 spiro atoms. The van der Waals surface area contributed by atoms with E-state index in [1.165, 1.54) is 33.3 Å². The molecule has 0 aliphatic rings. The smallest absolute Gasteiger partial charge is 0.339 e. The summed E-state index contributed by atoms with van der Waals surface area (Å²) in [6, 6.07) is 2.76. The van der Waals surface area contributed by atoms with Crippen molar-refractivity contribution in [2.45, 2.75) is 13.0 Å². The number of rotatable bonds is 5. The van der Waals surface area contributed by atoms with E-state index >= 15 is 0 Å². The predicted octanol–water partition coefficient (Wildman–Crippen LogP) is 1.39. The Morgan fingerprint density at radius 2 is 1.89 bits per heavy atom. The van der Waals surface area contributed by atoms with E-state index in [-0.39, 0.29) is 16.3 Å². The molecule has 7 heteroatoms. The van der Waals surface area contributed by atoms with Crippen molar-refractivity contribution in [1.82, 2.24) is 0 Å². The number of primary amides is 1. The summed E-state index contributed by atoms with van der Waals surface area (Å²) in [6.45, 7) is 1.38. The molecule has 0 heterocycles. The molecule has 19 heavy (non-hydrogen) atoms. The van der Waals surface area contributed by atoms with Crippen LogP contribution in [0.5, 0.6) is 11.5 Å². The Bertz CT molecular complexity index is 503. The van der Waals surface area contributed by atoms with Gasteiger partial charge in [-0.05, 0) is 19.1 Å².